The van der Waals surface area contributed by atoms with Crippen molar-refractivity contribution in [3.05, 3.63) is 0 Å². The van der Waals surface area contributed by atoms with Crippen molar-refractivity contribution in [3.8, 4) is 0 Å². The largest absolute Gasteiger partial charge is 0.373 e. The van der Waals surface area contributed by atoms with Crippen molar-refractivity contribution < 1.29 is 9.53 Å². The minimum absolute atomic E-state index is 0.179. The van der Waals surface area contributed by atoms with Gasteiger partial charge in [0.2, 0.25) is 5.91 Å². The molecule has 3 unspecified atom stereocenters. The number of hydrogen-bond acceptors (Lipinski definition) is 3. The summed E-state index contributed by atoms with van der Waals surface area (Å²) >= 11 is 0. The summed E-state index contributed by atoms with van der Waals surface area (Å²) < 4.78 is 5.70. The fourth-order valence-corrected chi connectivity index (χ4v) is 2.68. The molecule has 3 N–H and O–H groups in total. The van der Waals surface area contributed by atoms with Crippen molar-refractivity contribution in [2.45, 2.75) is 63.2 Å². The molecule has 2 bridgehead atoms. The Balaban J connectivity index is 1.60. The van der Waals surface area contributed by atoms with E-state index in [4.69, 9.17) is 10.5 Å². The first kappa shape index (κ1) is 11.9. The molecule has 0 radical (unpaired) electrons. The standard InChI is InChI=1S/C12H22N2O2/c13-7-3-1-2-4-12(15)14-10-8-9-5-6-11(10)16-9/h9-11H,1-8,13H2,(H,14,15). The molecule has 1 amide bonds. The second-order valence-electron chi connectivity index (χ2n) is 4.88. The van der Waals surface area contributed by atoms with Crippen LogP contribution in [0.2, 0.25) is 0 Å². The first-order valence-corrected chi connectivity index (χ1v) is 6.44. The van der Waals surface area contributed by atoms with E-state index in [9.17, 15) is 4.79 Å². The molecular formula is C12H22N2O2. The minimum Gasteiger partial charge on any atom is -0.373 e. The number of nitrogens with one attached hydrogen (secondary N) is 1. The van der Waals surface area contributed by atoms with Gasteiger partial charge in [0.15, 0.2) is 0 Å². The van der Waals surface area contributed by atoms with Gasteiger partial charge in [-0.2, -0.15) is 0 Å². The highest BCUT2D eigenvalue weighted by molar-refractivity contribution is 5.76. The van der Waals surface area contributed by atoms with Gasteiger partial charge in [0.1, 0.15) is 0 Å². The van der Waals surface area contributed by atoms with Crippen LogP contribution < -0.4 is 11.1 Å². The maximum absolute atomic E-state index is 11.6. The van der Waals surface area contributed by atoms with Crippen LogP contribution in [0.5, 0.6) is 0 Å². The van der Waals surface area contributed by atoms with Gasteiger partial charge >= 0.3 is 0 Å². The van der Waals surface area contributed by atoms with Crippen LogP contribution in [0.3, 0.4) is 0 Å². The first-order chi connectivity index (χ1) is 7.79. The number of carbonyl (C=O) groups is 1. The minimum atomic E-state index is 0.179. The predicted molar refractivity (Wildman–Crippen MR) is 62.0 cm³/mol. The van der Waals surface area contributed by atoms with E-state index in [1.165, 1.54) is 6.42 Å². The molecule has 0 aliphatic carbocycles. The van der Waals surface area contributed by atoms with Crippen molar-refractivity contribution in [2.24, 2.45) is 5.73 Å². The van der Waals surface area contributed by atoms with Crippen molar-refractivity contribution >= 4 is 5.91 Å². The van der Waals surface area contributed by atoms with Crippen molar-refractivity contribution in [3.63, 3.8) is 0 Å². The number of carbonyl (C=O) groups excluding carboxylic acids is 1. The molecular weight excluding hydrogens is 204 g/mol. The van der Waals surface area contributed by atoms with E-state index in [0.717, 1.165) is 38.6 Å². The van der Waals surface area contributed by atoms with E-state index >= 15 is 0 Å². The zero-order valence-electron chi connectivity index (χ0n) is 9.78. The van der Waals surface area contributed by atoms with Crippen LogP contribution in [0, 0.1) is 0 Å². The van der Waals surface area contributed by atoms with Gasteiger partial charge in [-0.25, -0.2) is 0 Å². The summed E-state index contributed by atoms with van der Waals surface area (Å²) in [7, 11) is 0. The average Bonchev–Trinajstić information content (AvgIpc) is 2.86. The zero-order chi connectivity index (χ0) is 11.4. The SMILES string of the molecule is NCCCCCC(=O)NC1CC2CCC1O2. The molecule has 2 fully saturated rings. The summed E-state index contributed by atoms with van der Waals surface area (Å²) in [6.07, 6.45) is 7.65. The van der Waals surface area contributed by atoms with E-state index in [0.29, 0.717) is 12.5 Å². The highest BCUT2D eigenvalue weighted by Crippen LogP contribution is 2.34. The van der Waals surface area contributed by atoms with Gasteiger partial charge in [-0.05, 0) is 38.6 Å². The molecule has 2 saturated heterocycles. The van der Waals surface area contributed by atoms with Crippen LogP contribution in [0.4, 0.5) is 0 Å². The zero-order valence-corrected chi connectivity index (χ0v) is 9.78. The third-order valence-electron chi connectivity index (χ3n) is 3.56. The molecule has 0 saturated carbocycles. The number of amides is 1. The van der Waals surface area contributed by atoms with E-state index in [1.54, 1.807) is 0 Å². The molecule has 2 aliphatic rings. The Kier molecular flexibility index (Phi) is 4.18. The lowest BCUT2D eigenvalue weighted by Crippen LogP contribution is -2.41. The maximum Gasteiger partial charge on any atom is 0.220 e. The lowest BCUT2D eigenvalue weighted by atomic mass is 9.95. The van der Waals surface area contributed by atoms with Crippen LogP contribution in [0.15, 0.2) is 0 Å². The number of hydrogen-bond donors (Lipinski definition) is 2. The smallest absolute Gasteiger partial charge is 0.220 e. The summed E-state index contributed by atoms with van der Waals surface area (Å²) in [6, 6.07) is 0.278. The monoisotopic (exact) mass is 226 g/mol. The lowest BCUT2D eigenvalue weighted by Gasteiger charge is -2.19. The van der Waals surface area contributed by atoms with E-state index in [1.807, 2.05) is 0 Å². The van der Waals surface area contributed by atoms with Crippen molar-refractivity contribution in [2.75, 3.05) is 6.54 Å². The second kappa shape index (κ2) is 5.64. The number of rotatable bonds is 6. The summed E-state index contributed by atoms with van der Waals surface area (Å²) in [5, 5.41) is 3.09. The van der Waals surface area contributed by atoms with Crippen LogP contribution in [0.25, 0.3) is 0 Å². The molecule has 92 valence electrons. The van der Waals surface area contributed by atoms with Gasteiger partial charge in [0, 0.05) is 6.42 Å². The molecule has 3 atom stereocenters. The molecule has 0 aromatic rings. The maximum atomic E-state index is 11.6. The highest BCUT2D eigenvalue weighted by atomic mass is 16.5. The lowest BCUT2D eigenvalue weighted by molar-refractivity contribution is -0.122. The molecule has 4 heteroatoms. The molecule has 2 rings (SSSR count). The first-order valence-electron chi connectivity index (χ1n) is 6.44. The molecule has 0 aromatic heterocycles. The van der Waals surface area contributed by atoms with Crippen molar-refractivity contribution in [1.82, 2.24) is 5.32 Å². The Morgan fingerprint density at radius 3 is 2.81 bits per heavy atom. The molecule has 0 aromatic carbocycles. The van der Waals surface area contributed by atoms with Crippen molar-refractivity contribution in [1.29, 1.82) is 0 Å². The van der Waals surface area contributed by atoms with E-state index in [2.05, 4.69) is 5.32 Å². The fraction of sp³-hybridized carbons (Fsp3) is 0.917. The van der Waals surface area contributed by atoms with Gasteiger partial charge in [-0.3, -0.25) is 4.79 Å². The van der Waals surface area contributed by atoms with Gasteiger partial charge < -0.3 is 15.8 Å². The van der Waals surface area contributed by atoms with Crippen LogP contribution in [-0.4, -0.2) is 30.7 Å². The van der Waals surface area contributed by atoms with E-state index in [-0.39, 0.29) is 18.1 Å². The van der Waals surface area contributed by atoms with Crippen LogP contribution >= 0.6 is 0 Å². The Morgan fingerprint density at radius 1 is 1.31 bits per heavy atom. The van der Waals surface area contributed by atoms with Crippen LogP contribution in [-0.2, 0) is 9.53 Å². The third kappa shape index (κ3) is 2.95. The fourth-order valence-electron chi connectivity index (χ4n) is 2.68. The Bertz CT molecular complexity index is 245. The Morgan fingerprint density at radius 2 is 2.19 bits per heavy atom. The number of nitrogens with two attached hydrogens (primary N) is 1. The highest BCUT2D eigenvalue weighted by Gasteiger charge is 2.41. The van der Waals surface area contributed by atoms with Gasteiger partial charge in [0.25, 0.3) is 0 Å². The van der Waals surface area contributed by atoms with Gasteiger partial charge in [-0.15, -0.1) is 0 Å². The second-order valence-corrected chi connectivity index (χ2v) is 4.88. The predicted octanol–water partition coefficient (Wildman–Crippen LogP) is 0.942. The Hall–Kier alpha value is -0.610. The average molecular weight is 226 g/mol. The number of fused-ring (bicyclic) bond motifs is 2. The summed E-state index contributed by atoms with van der Waals surface area (Å²) in [5.74, 6) is 0.179. The summed E-state index contributed by atoms with van der Waals surface area (Å²) in [4.78, 5) is 11.6. The van der Waals surface area contributed by atoms with Gasteiger partial charge in [-0.1, -0.05) is 6.42 Å². The van der Waals surface area contributed by atoms with Gasteiger partial charge in [0.05, 0.1) is 18.2 Å². The number of unbranched alkanes of at least 4 members (excludes halogenated alkanes) is 2. The molecule has 16 heavy (non-hydrogen) atoms. The normalized spacial score (nSPS) is 31.9. The topological polar surface area (TPSA) is 64.4 Å². The molecule has 0 spiro atoms. The molecule has 2 heterocycles. The molecule has 4 nitrogen and oxygen atoms in total. The van der Waals surface area contributed by atoms with Crippen LogP contribution in [0.1, 0.15) is 44.9 Å². The summed E-state index contributed by atoms with van der Waals surface area (Å²) in [5.41, 5.74) is 5.40. The number of ether oxygens (including phenoxy) is 1. The molecule has 2 aliphatic heterocycles. The third-order valence-corrected chi connectivity index (χ3v) is 3.56. The Labute approximate surface area is 96.9 Å². The summed E-state index contributed by atoms with van der Waals surface area (Å²) in [6.45, 7) is 0.724. The quantitative estimate of drug-likeness (QED) is 0.663. The van der Waals surface area contributed by atoms with E-state index < -0.39 is 0 Å².